The Balaban J connectivity index is 3.28. The third-order valence-corrected chi connectivity index (χ3v) is 1.55. The van der Waals surface area contributed by atoms with Crippen molar-refractivity contribution in [2.75, 3.05) is 26.4 Å². The van der Waals surface area contributed by atoms with E-state index in [4.69, 9.17) is 19.7 Å². The first kappa shape index (κ1) is 12.8. The third-order valence-electron chi connectivity index (χ3n) is 1.55. The average molecular weight is 192 g/mol. The normalized spacial score (nSPS) is 11.1. The van der Waals surface area contributed by atoms with E-state index in [-0.39, 0.29) is 19.5 Å². The van der Waals surface area contributed by atoms with Crippen molar-refractivity contribution >= 4 is 0 Å². The molecule has 13 heavy (non-hydrogen) atoms. The number of rotatable bonds is 9. The van der Waals surface area contributed by atoms with Gasteiger partial charge in [0.15, 0.2) is 6.29 Å². The van der Waals surface area contributed by atoms with Crippen LogP contribution in [0.1, 0.15) is 26.2 Å². The summed E-state index contributed by atoms with van der Waals surface area (Å²) in [6, 6.07) is 0. The Morgan fingerprint density at radius 3 is 1.77 bits per heavy atom. The minimum absolute atomic E-state index is 0.146. The van der Waals surface area contributed by atoms with Crippen LogP contribution in [0.3, 0.4) is 0 Å². The topological polar surface area (TPSA) is 58.9 Å². The van der Waals surface area contributed by atoms with Gasteiger partial charge in [0.05, 0.1) is 13.2 Å². The highest BCUT2D eigenvalue weighted by molar-refractivity contribution is 4.42. The maximum absolute atomic E-state index is 8.51. The van der Waals surface area contributed by atoms with Crippen molar-refractivity contribution in [1.82, 2.24) is 0 Å². The molecule has 0 spiro atoms. The predicted molar refractivity (Wildman–Crippen MR) is 49.4 cm³/mol. The lowest BCUT2D eigenvalue weighted by Gasteiger charge is -2.16. The van der Waals surface area contributed by atoms with Gasteiger partial charge >= 0.3 is 0 Å². The van der Waals surface area contributed by atoms with Crippen LogP contribution in [0.15, 0.2) is 0 Å². The van der Waals surface area contributed by atoms with Crippen LogP contribution < -0.4 is 0 Å². The second-order valence-corrected chi connectivity index (χ2v) is 2.73. The molecule has 0 unspecified atom stereocenters. The highest BCUT2D eigenvalue weighted by atomic mass is 16.7. The Morgan fingerprint density at radius 2 is 1.46 bits per heavy atom. The molecule has 80 valence electrons. The van der Waals surface area contributed by atoms with Gasteiger partial charge in [-0.05, 0) is 19.3 Å². The fourth-order valence-corrected chi connectivity index (χ4v) is 0.842. The molecular weight excluding hydrogens is 172 g/mol. The van der Waals surface area contributed by atoms with Gasteiger partial charge in [0.1, 0.15) is 0 Å². The first-order chi connectivity index (χ1) is 6.35. The summed E-state index contributed by atoms with van der Waals surface area (Å²) in [5.41, 5.74) is 0. The Kier molecular flexibility index (Phi) is 9.80. The van der Waals surface area contributed by atoms with E-state index in [1.54, 1.807) is 0 Å². The maximum Gasteiger partial charge on any atom is 0.157 e. The van der Waals surface area contributed by atoms with Gasteiger partial charge in [-0.2, -0.15) is 0 Å². The van der Waals surface area contributed by atoms with Crippen molar-refractivity contribution in [1.29, 1.82) is 0 Å². The summed E-state index contributed by atoms with van der Waals surface area (Å²) in [4.78, 5) is 0. The standard InChI is InChI=1S/C9H20O4/c1-2-9(12-7-3-5-10)13-8-4-6-11/h9-11H,2-8H2,1H3. The number of aliphatic hydroxyl groups excluding tert-OH is 2. The molecule has 4 heteroatoms. The molecule has 0 radical (unpaired) electrons. The molecule has 0 aliphatic heterocycles. The van der Waals surface area contributed by atoms with Gasteiger partial charge in [-0.25, -0.2) is 0 Å². The first-order valence-electron chi connectivity index (χ1n) is 4.80. The lowest BCUT2D eigenvalue weighted by molar-refractivity contribution is -0.146. The molecule has 0 saturated carbocycles. The molecule has 0 heterocycles. The van der Waals surface area contributed by atoms with Gasteiger partial charge < -0.3 is 19.7 Å². The smallest absolute Gasteiger partial charge is 0.157 e. The Morgan fingerprint density at radius 1 is 1.00 bits per heavy atom. The lowest BCUT2D eigenvalue weighted by Crippen LogP contribution is -2.18. The van der Waals surface area contributed by atoms with Crippen molar-refractivity contribution < 1.29 is 19.7 Å². The molecule has 0 fully saturated rings. The molecule has 4 nitrogen and oxygen atoms in total. The molecule has 2 N–H and O–H groups in total. The Hall–Kier alpha value is -0.160. The minimum Gasteiger partial charge on any atom is -0.396 e. The van der Waals surface area contributed by atoms with Gasteiger partial charge in [-0.1, -0.05) is 6.92 Å². The van der Waals surface area contributed by atoms with E-state index in [1.807, 2.05) is 6.92 Å². The largest absolute Gasteiger partial charge is 0.396 e. The summed E-state index contributed by atoms with van der Waals surface area (Å²) in [5.74, 6) is 0. The van der Waals surface area contributed by atoms with Crippen LogP contribution >= 0.6 is 0 Å². The summed E-state index contributed by atoms with van der Waals surface area (Å²) in [7, 11) is 0. The van der Waals surface area contributed by atoms with E-state index in [0.717, 1.165) is 6.42 Å². The third kappa shape index (κ3) is 8.18. The molecule has 0 rings (SSSR count). The van der Waals surface area contributed by atoms with Crippen molar-refractivity contribution in [3.8, 4) is 0 Å². The Labute approximate surface area is 79.5 Å². The molecule has 0 aromatic carbocycles. The van der Waals surface area contributed by atoms with Crippen LogP contribution in [0.5, 0.6) is 0 Å². The predicted octanol–water partition coefficient (Wildman–Crippen LogP) is 0.520. The van der Waals surface area contributed by atoms with Crippen LogP contribution in [0.4, 0.5) is 0 Å². The minimum atomic E-state index is -0.196. The van der Waals surface area contributed by atoms with E-state index in [1.165, 1.54) is 0 Å². The zero-order chi connectivity index (χ0) is 9.94. The summed E-state index contributed by atoms with van der Waals surface area (Å²) in [6.45, 7) is 3.31. The van der Waals surface area contributed by atoms with Gasteiger partial charge in [-0.15, -0.1) is 0 Å². The van der Waals surface area contributed by atoms with Crippen molar-refractivity contribution in [3.05, 3.63) is 0 Å². The highest BCUT2D eigenvalue weighted by Crippen LogP contribution is 2.01. The number of hydrogen-bond donors (Lipinski definition) is 2. The van der Waals surface area contributed by atoms with Gasteiger partial charge in [0.25, 0.3) is 0 Å². The molecule has 0 atom stereocenters. The zero-order valence-corrected chi connectivity index (χ0v) is 8.24. The van der Waals surface area contributed by atoms with Gasteiger partial charge in [0.2, 0.25) is 0 Å². The second kappa shape index (κ2) is 9.92. The first-order valence-corrected chi connectivity index (χ1v) is 4.80. The highest BCUT2D eigenvalue weighted by Gasteiger charge is 2.04. The number of aliphatic hydroxyl groups is 2. The van der Waals surface area contributed by atoms with Crippen LogP contribution in [-0.4, -0.2) is 42.9 Å². The Bertz CT molecular complexity index is 87.6. The molecule has 0 amide bonds. The van der Waals surface area contributed by atoms with E-state index in [0.29, 0.717) is 26.1 Å². The summed E-state index contributed by atoms with van der Waals surface area (Å²) >= 11 is 0. The van der Waals surface area contributed by atoms with Crippen LogP contribution in [0.25, 0.3) is 0 Å². The quantitative estimate of drug-likeness (QED) is 0.413. The molecule has 0 aliphatic rings. The van der Waals surface area contributed by atoms with E-state index in [2.05, 4.69) is 0 Å². The van der Waals surface area contributed by atoms with Crippen LogP contribution in [-0.2, 0) is 9.47 Å². The van der Waals surface area contributed by atoms with E-state index >= 15 is 0 Å². The van der Waals surface area contributed by atoms with Gasteiger partial charge in [-0.3, -0.25) is 0 Å². The zero-order valence-electron chi connectivity index (χ0n) is 8.24. The second-order valence-electron chi connectivity index (χ2n) is 2.73. The van der Waals surface area contributed by atoms with Crippen LogP contribution in [0.2, 0.25) is 0 Å². The average Bonchev–Trinajstić information content (AvgIpc) is 2.16. The van der Waals surface area contributed by atoms with Crippen LogP contribution in [0, 0.1) is 0 Å². The van der Waals surface area contributed by atoms with E-state index in [9.17, 15) is 0 Å². The molecule has 0 aromatic heterocycles. The summed E-state index contributed by atoms with van der Waals surface area (Å²) in [5, 5.41) is 17.0. The number of ether oxygens (including phenoxy) is 2. The fraction of sp³-hybridized carbons (Fsp3) is 1.00. The number of hydrogen-bond acceptors (Lipinski definition) is 4. The summed E-state index contributed by atoms with van der Waals surface area (Å²) in [6.07, 6.45) is 1.87. The SMILES string of the molecule is CCC(OCCCO)OCCCO. The monoisotopic (exact) mass is 192 g/mol. The fourth-order valence-electron chi connectivity index (χ4n) is 0.842. The molecule has 0 saturated heterocycles. The van der Waals surface area contributed by atoms with E-state index < -0.39 is 0 Å². The maximum atomic E-state index is 8.51. The van der Waals surface area contributed by atoms with Gasteiger partial charge in [0, 0.05) is 13.2 Å². The molecule has 0 aromatic rings. The molecule has 0 aliphatic carbocycles. The molecular formula is C9H20O4. The van der Waals surface area contributed by atoms with Crippen molar-refractivity contribution in [2.24, 2.45) is 0 Å². The van der Waals surface area contributed by atoms with Crippen molar-refractivity contribution in [2.45, 2.75) is 32.5 Å². The van der Waals surface area contributed by atoms with Crippen molar-refractivity contribution in [3.63, 3.8) is 0 Å². The lowest BCUT2D eigenvalue weighted by atomic mass is 10.4. The molecule has 0 bridgehead atoms. The summed E-state index contributed by atoms with van der Waals surface area (Å²) < 4.78 is 10.6.